The molecule has 0 aliphatic heterocycles. The van der Waals surface area contributed by atoms with Crippen LogP contribution in [0, 0.1) is 0 Å². The van der Waals surface area contributed by atoms with Crippen LogP contribution in [0.4, 0.5) is 0 Å². The molecule has 24 heavy (non-hydrogen) atoms. The summed E-state index contributed by atoms with van der Waals surface area (Å²) in [7, 11) is 2.68. The molecule has 0 saturated heterocycles. The number of carbonyl (C=O) groups is 3. The van der Waals surface area contributed by atoms with Crippen LogP contribution in [0.1, 0.15) is 18.1 Å². The van der Waals surface area contributed by atoms with E-state index in [2.05, 4.69) is 0 Å². The number of ether oxygens (including phenoxy) is 2. The summed E-state index contributed by atoms with van der Waals surface area (Å²) in [4.78, 5) is 35.2. The summed E-state index contributed by atoms with van der Waals surface area (Å²) in [5.41, 5.74) is 2.52. The molecule has 1 aliphatic rings. The molecular formula is C19H18O5. The zero-order valence-electron chi connectivity index (χ0n) is 13.8. The van der Waals surface area contributed by atoms with Gasteiger partial charge < -0.3 is 9.47 Å². The van der Waals surface area contributed by atoms with E-state index in [1.807, 2.05) is 24.3 Å². The molecule has 0 amide bonds. The average molecular weight is 326 g/mol. The first-order valence-corrected chi connectivity index (χ1v) is 7.35. The third-order valence-electron chi connectivity index (χ3n) is 3.82. The zero-order chi connectivity index (χ0) is 17.7. The largest absolute Gasteiger partial charge is 0.489 e. The number of ketones is 2. The number of benzene rings is 1. The van der Waals surface area contributed by atoms with Crippen LogP contribution in [-0.2, 0) is 30.3 Å². The van der Waals surface area contributed by atoms with Crippen molar-refractivity contribution in [3.8, 4) is 0 Å². The summed E-state index contributed by atoms with van der Waals surface area (Å²) in [5.74, 6) is -0.794. The highest BCUT2D eigenvalue weighted by molar-refractivity contribution is 6.23. The number of hydrogen-bond acceptors (Lipinski definition) is 5. The lowest BCUT2D eigenvalue weighted by molar-refractivity contribution is -0.121. The van der Waals surface area contributed by atoms with Crippen LogP contribution < -0.4 is 0 Å². The Morgan fingerprint density at radius 3 is 2.08 bits per heavy atom. The van der Waals surface area contributed by atoms with Crippen molar-refractivity contribution in [3.05, 3.63) is 64.1 Å². The molecule has 0 unspecified atom stereocenters. The van der Waals surface area contributed by atoms with Crippen molar-refractivity contribution in [2.24, 2.45) is 0 Å². The van der Waals surface area contributed by atoms with Crippen molar-refractivity contribution >= 4 is 23.9 Å². The van der Waals surface area contributed by atoms with Gasteiger partial charge in [-0.2, -0.15) is 0 Å². The highest BCUT2D eigenvalue weighted by atomic mass is 16.5. The van der Waals surface area contributed by atoms with Crippen LogP contribution in [0.2, 0.25) is 0 Å². The average Bonchev–Trinajstić information content (AvgIpc) is 2.60. The van der Waals surface area contributed by atoms with Crippen LogP contribution in [0.3, 0.4) is 0 Å². The second kappa shape index (κ2) is 7.55. The predicted octanol–water partition coefficient (Wildman–Crippen LogP) is 2.41. The van der Waals surface area contributed by atoms with Crippen molar-refractivity contribution in [1.29, 1.82) is 0 Å². The van der Waals surface area contributed by atoms with Crippen LogP contribution in [0.5, 0.6) is 0 Å². The van der Waals surface area contributed by atoms with E-state index in [4.69, 9.17) is 9.47 Å². The minimum Gasteiger partial charge on any atom is -0.489 e. The molecule has 0 bridgehead atoms. The third kappa shape index (κ3) is 3.35. The van der Waals surface area contributed by atoms with Crippen molar-refractivity contribution in [2.45, 2.75) is 13.3 Å². The molecule has 2 rings (SSSR count). The lowest BCUT2D eigenvalue weighted by atomic mass is 9.89. The summed E-state index contributed by atoms with van der Waals surface area (Å²) >= 11 is 0. The Hall–Kier alpha value is -2.95. The fourth-order valence-electron chi connectivity index (χ4n) is 2.51. The molecule has 0 radical (unpaired) electrons. The van der Waals surface area contributed by atoms with Gasteiger partial charge in [0.25, 0.3) is 0 Å². The fraction of sp³-hybridized carbons (Fsp3) is 0.211. The maximum absolute atomic E-state index is 12.6. The van der Waals surface area contributed by atoms with E-state index < -0.39 is 0 Å². The minimum absolute atomic E-state index is 0.0573. The first-order chi connectivity index (χ1) is 11.5. The maximum Gasteiger partial charge on any atom is 0.228 e. The zero-order valence-corrected chi connectivity index (χ0v) is 13.8. The van der Waals surface area contributed by atoms with E-state index in [1.165, 1.54) is 20.3 Å². The minimum atomic E-state index is -0.338. The molecule has 124 valence electrons. The van der Waals surface area contributed by atoms with Gasteiger partial charge in [-0.25, -0.2) is 0 Å². The van der Waals surface area contributed by atoms with Gasteiger partial charge in [-0.3, -0.25) is 14.4 Å². The topological polar surface area (TPSA) is 69.7 Å². The summed E-state index contributed by atoms with van der Waals surface area (Å²) in [6.07, 6.45) is 4.12. The number of rotatable bonds is 6. The molecule has 0 spiro atoms. The van der Waals surface area contributed by atoms with Gasteiger partial charge in [0.1, 0.15) is 6.29 Å². The number of methoxy groups -OCH3 is 2. The molecule has 5 nitrogen and oxygen atoms in total. The Balaban J connectivity index is 2.30. The Bertz CT molecular complexity index is 763. The third-order valence-corrected chi connectivity index (χ3v) is 3.82. The smallest absolute Gasteiger partial charge is 0.228 e. The summed E-state index contributed by atoms with van der Waals surface area (Å²) in [6, 6.07) is 7.39. The second-order valence-electron chi connectivity index (χ2n) is 5.24. The van der Waals surface area contributed by atoms with E-state index in [1.54, 1.807) is 13.0 Å². The van der Waals surface area contributed by atoms with Crippen molar-refractivity contribution in [3.63, 3.8) is 0 Å². The van der Waals surface area contributed by atoms with E-state index in [0.717, 1.165) is 11.1 Å². The predicted molar refractivity (Wildman–Crippen MR) is 89.0 cm³/mol. The quantitative estimate of drug-likeness (QED) is 0.456. The number of carbonyl (C=O) groups excluding carboxylic acids is 3. The normalized spacial score (nSPS) is 15.3. The van der Waals surface area contributed by atoms with Gasteiger partial charge in [-0.15, -0.1) is 0 Å². The van der Waals surface area contributed by atoms with E-state index >= 15 is 0 Å². The lowest BCUT2D eigenvalue weighted by Crippen LogP contribution is -2.25. The molecule has 0 saturated carbocycles. The first-order valence-electron chi connectivity index (χ1n) is 7.35. The molecule has 0 atom stereocenters. The molecule has 0 N–H and O–H groups in total. The van der Waals surface area contributed by atoms with Crippen molar-refractivity contribution in [2.75, 3.05) is 14.2 Å². The molecule has 5 heteroatoms. The van der Waals surface area contributed by atoms with Gasteiger partial charge in [0, 0.05) is 17.6 Å². The Morgan fingerprint density at radius 1 is 0.958 bits per heavy atom. The Kier molecular flexibility index (Phi) is 5.47. The molecule has 1 aromatic rings. The molecule has 0 aromatic heterocycles. The van der Waals surface area contributed by atoms with Crippen LogP contribution in [-0.4, -0.2) is 32.1 Å². The first kappa shape index (κ1) is 17.4. The van der Waals surface area contributed by atoms with Gasteiger partial charge in [0.2, 0.25) is 23.1 Å². The van der Waals surface area contributed by atoms with Gasteiger partial charge in [-0.1, -0.05) is 30.3 Å². The van der Waals surface area contributed by atoms with Gasteiger partial charge in [0.15, 0.2) is 0 Å². The summed E-state index contributed by atoms with van der Waals surface area (Å²) < 4.78 is 10.1. The van der Waals surface area contributed by atoms with Gasteiger partial charge in [0.05, 0.1) is 14.2 Å². The number of allylic oxidation sites excluding steroid dienone is 3. The highest BCUT2D eigenvalue weighted by Gasteiger charge is 2.34. The molecule has 1 aromatic carbocycles. The monoisotopic (exact) mass is 326 g/mol. The molecular weight excluding hydrogens is 308 g/mol. The van der Waals surface area contributed by atoms with Gasteiger partial charge in [-0.05, 0) is 24.1 Å². The molecule has 0 fully saturated rings. The number of hydrogen-bond donors (Lipinski definition) is 0. The van der Waals surface area contributed by atoms with Crippen LogP contribution >= 0.6 is 0 Å². The van der Waals surface area contributed by atoms with Gasteiger partial charge >= 0.3 is 0 Å². The SMILES string of the molecule is COC1=C(OC)C(=O)C(Cc2ccc(/C=C/C=O)cc2)=C(C)C1=O. The standard InChI is InChI=1S/C19H18O5/c1-12-15(17(22)19(24-3)18(23-2)16(12)21)11-14-8-6-13(7-9-14)5-4-10-20/h4-10H,11H2,1-3H3/b5-4+. The fourth-order valence-corrected chi connectivity index (χ4v) is 2.51. The Morgan fingerprint density at radius 2 is 1.54 bits per heavy atom. The van der Waals surface area contributed by atoms with E-state index in [0.29, 0.717) is 23.9 Å². The lowest BCUT2D eigenvalue weighted by Gasteiger charge is -2.20. The highest BCUT2D eigenvalue weighted by Crippen LogP contribution is 2.28. The summed E-state index contributed by atoms with van der Waals surface area (Å²) in [6.45, 7) is 1.61. The Labute approximate surface area is 140 Å². The summed E-state index contributed by atoms with van der Waals surface area (Å²) in [5, 5.41) is 0. The molecule has 1 aliphatic carbocycles. The van der Waals surface area contributed by atoms with Crippen LogP contribution in [0.15, 0.2) is 53.0 Å². The number of Topliss-reactive ketones (excluding diaryl/α,β-unsaturated/α-hetero) is 2. The van der Waals surface area contributed by atoms with E-state index in [9.17, 15) is 14.4 Å². The number of aldehydes is 1. The van der Waals surface area contributed by atoms with Crippen molar-refractivity contribution in [1.82, 2.24) is 0 Å². The van der Waals surface area contributed by atoms with E-state index in [-0.39, 0.29) is 23.1 Å². The van der Waals surface area contributed by atoms with Crippen LogP contribution in [0.25, 0.3) is 6.08 Å². The van der Waals surface area contributed by atoms with Crippen molar-refractivity contribution < 1.29 is 23.9 Å². The molecule has 0 heterocycles. The second-order valence-corrected chi connectivity index (χ2v) is 5.24. The maximum atomic E-state index is 12.6.